The van der Waals surface area contributed by atoms with Crippen molar-refractivity contribution in [2.24, 2.45) is 0 Å². The smallest absolute Gasteiger partial charge is 0.0726 e. The first-order valence-corrected chi connectivity index (χ1v) is 8.28. The van der Waals surface area contributed by atoms with E-state index in [9.17, 15) is 0 Å². The number of halogens is 1. The van der Waals surface area contributed by atoms with E-state index in [4.69, 9.17) is 16.6 Å². The van der Waals surface area contributed by atoms with Crippen molar-refractivity contribution in [3.05, 3.63) is 76.9 Å². The lowest BCUT2D eigenvalue weighted by molar-refractivity contribution is 0.900. The van der Waals surface area contributed by atoms with Gasteiger partial charge < -0.3 is 5.32 Å². The third-order valence-corrected chi connectivity index (χ3v) is 4.46. The van der Waals surface area contributed by atoms with Gasteiger partial charge in [-0.05, 0) is 55.2 Å². The molecule has 4 rings (SSSR count). The first-order valence-electron chi connectivity index (χ1n) is 7.90. The summed E-state index contributed by atoms with van der Waals surface area (Å²) in [5, 5.41) is 4.29. The number of aromatic nitrogens is 1. The Bertz CT molecular complexity index is 844. The highest BCUT2D eigenvalue weighted by Gasteiger charge is 2.18. The maximum Gasteiger partial charge on any atom is 0.0726 e. The predicted molar refractivity (Wildman–Crippen MR) is 96.4 cm³/mol. The number of fused-ring (bicyclic) bond motifs is 1. The highest BCUT2D eigenvalue weighted by atomic mass is 35.5. The molecule has 0 fully saturated rings. The predicted octanol–water partition coefficient (Wildman–Crippen LogP) is 5.63. The van der Waals surface area contributed by atoms with Crippen LogP contribution in [0.4, 0.5) is 11.4 Å². The van der Waals surface area contributed by atoms with E-state index in [0.717, 1.165) is 40.5 Å². The summed E-state index contributed by atoms with van der Waals surface area (Å²) in [6.07, 6.45) is 3.31. The summed E-state index contributed by atoms with van der Waals surface area (Å²) in [6, 6.07) is 20.3. The zero-order valence-electron chi connectivity index (χ0n) is 12.7. The largest absolute Gasteiger partial charge is 0.355 e. The fraction of sp³-hybridized carbons (Fsp3) is 0.150. The minimum atomic E-state index is 0.738. The fourth-order valence-corrected chi connectivity index (χ4v) is 3.32. The maximum atomic E-state index is 6.14. The molecule has 1 N–H and O–H groups in total. The summed E-state index contributed by atoms with van der Waals surface area (Å²) in [5.74, 6) is 0. The van der Waals surface area contributed by atoms with E-state index in [1.54, 1.807) is 0 Å². The first kappa shape index (κ1) is 14.3. The Kier molecular flexibility index (Phi) is 3.76. The van der Waals surface area contributed by atoms with Crippen molar-refractivity contribution in [2.75, 3.05) is 5.32 Å². The lowest BCUT2D eigenvalue weighted by Crippen LogP contribution is -1.99. The molecular weight excluding hydrogens is 304 g/mol. The van der Waals surface area contributed by atoms with Crippen LogP contribution < -0.4 is 5.32 Å². The molecule has 2 aromatic carbocycles. The van der Waals surface area contributed by atoms with Gasteiger partial charge in [-0.3, -0.25) is 4.98 Å². The van der Waals surface area contributed by atoms with Crippen LogP contribution in [0.2, 0.25) is 5.02 Å². The molecule has 1 aliphatic carbocycles. The standard InChI is InChI=1S/C20H17ClN2/c21-15-7-4-6-14(12-15)19-13-20(17-10-5-11-18(17)23-19)22-16-8-2-1-3-9-16/h1-4,6-9,12-13H,5,10-11H2,(H,22,23). The second-order valence-corrected chi connectivity index (χ2v) is 6.27. The molecule has 0 bridgehead atoms. The average molecular weight is 321 g/mol. The number of hydrogen-bond acceptors (Lipinski definition) is 2. The van der Waals surface area contributed by atoms with Crippen molar-refractivity contribution >= 4 is 23.0 Å². The summed E-state index contributed by atoms with van der Waals surface area (Å²) in [6.45, 7) is 0. The summed E-state index contributed by atoms with van der Waals surface area (Å²) in [7, 11) is 0. The van der Waals surface area contributed by atoms with Crippen molar-refractivity contribution in [3.8, 4) is 11.3 Å². The molecular formula is C20H17ClN2. The molecule has 0 saturated heterocycles. The molecule has 3 aromatic rings. The van der Waals surface area contributed by atoms with E-state index in [2.05, 4.69) is 29.6 Å². The zero-order valence-corrected chi connectivity index (χ0v) is 13.5. The molecule has 23 heavy (non-hydrogen) atoms. The quantitative estimate of drug-likeness (QED) is 0.676. The molecule has 0 spiro atoms. The van der Waals surface area contributed by atoms with Gasteiger partial charge in [0, 0.05) is 27.7 Å². The van der Waals surface area contributed by atoms with Crippen LogP contribution in [-0.2, 0) is 12.8 Å². The third kappa shape index (κ3) is 2.95. The van der Waals surface area contributed by atoms with Gasteiger partial charge in [-0.25, -0.2) is 0 Å². The van der Waals surface area contributed by atoms with E-state index < -0.39 is 0 Å². The Labute approximate surface area is 141 Å². The highest BCUT2D eigenvalue weighted by Crippen LogP contribution is 2.34. The van der Waals surface area contributed by atoms with Crippen LogP contribution in [-0.4, -0.2) is 4.98 Å². The number of pyridine rings is 1. The van der Waals surface area contributed by atoms with Crippen LogP contribution >= 0.6 is 11.6 Å². The molecule has 3 heteroatoms. The van der Waals surface area contributed by atoms with Crippen molar-refractivity contribution in [1.29, 1.82) is 0 Å². The van der Waals surface area contributed by atoms with Gasteiger partial charge >= 0.3 is 0 Å². The van der Waals surface area contributed by atoms with E-state index in [-0.39, 0.29) is 0 Å². The van der Waals surface area contributed by atoms with E-state index in [1.807, 2.05) is 36.4 Å². The topological polar surface area (TPSA) is 24.9 Å². The number of rotatable bonds is 3. The third-order valence-electron chi connectivity index (χ3n) is 4.22. The number of para-hydroxylation sites is 1. The van der Waals surface area contributed by atoms with E-state index in [1.165, 1.54) is 17.7 Å². The molecule has 0 aliphatic heterocycles. The maximum absolute atomic E-state index is 6.14. The Morgan fingerprint density at radius 3 is 2.61 bits per heavy atom. The summed E-state index contributed by atoms with van der Waals surface area (Å²) in [4.78, 5) is 4.87. The molecule has 0 unspecified atom stereocenters. The highest BCUT2D eigenvalue weighted by molar-refractivity contribution is 6.30. The van der Waals surface area contributed by atoms with Gasteiger partial charge in [-0.2, -0.15) is 0 Å². The molecule has 1 aliphatic rings. The van der Waals surface area contributed by atoms with Gasteiger partial charge in [0.15, 0.2) is 0 Å². The van der Waals surface area contributed by atoms with Crippen LogP contribution in [0.25, 0.3) is 11.3 Å². The van der Waals surface area contributed by atoms with Crippen molar-refractivity contribution in [2.45, 2.75) is 19.3 Å². The Hall–Kier alpha value is -2.32. The van der Waals surface area contributed by atoms with Crippen LogP contribution in [0.15, 0.2) is 60.7 Å². The molecule has 1 aromatic heterocycles. The van der Waals surface area contributed by atoms with Crippen molar-refractivity contribution in [1.82, 2.24) is 4.98 Å². The van der Waals surface area contributed by atoms with Crippen molar-refractivity contribution < 1.29 is 0 Å². The Balaban J connectivity index is 1.79. The lowest BCUT2D eigenvalue weighted by atomic mass is 10.1. The Morgan fingerprint density at radius 1 is 0.913 bits per heavy atom. The number of hydrogen-bond donors (Lipinski definition) is 1. The molecule has 114 valence electrons. The van der Waals surface area contributed by atoms with Gasteiger partial charge in [-0.1, -0.05) is 41.9 Å². The van der Waals surface area contributed by atoms with Gasteiger partial charge in [0.1, 0.15) is 0 Å². The van der Waals surface area contributed by atoms with Gasteiger partial charge in [0.05, 0.1) is 5.69 Å². The van der Waals surface area contributed by atoms with Gasteiger partial charge in [-0.15, -0.1) is 0 Å². The SMILES string of the molecule is Clc1cccc(-c2cc(Nc3ccccc3)c3c(n2)CCC3)c1. The molecule has 2 nitrogen and oxygen atoms in total. The van der Waals surface area contributed by atoms with E-state index >= 15 is 0 Å². The molecule has 1 heterocycles. The minimum Gasteiger partial charge on any atom is -0.355 e. The van der Waals surface area contributed by atoms with Crippen LogP contribution in [0.5, 0.6) is 0 Å². The molecule has 0 atom stereocenters. The van der Waals surface area contributed by atoms with Crippen molar-refractivity contribution in [3.63, 3.8) is 0 Å². The number of aryl methyl sites for hydroxylation is 1. The number of anilines is 2. The Morgan fingerprint density at radius 2 is 1.78 bits per heavy atom. The number of nitrogens with one attached hydrogen (secondary N) is 1. The average Bonchev–Trinajstić information content (AvgIpc) is 3.05. The summed E-state index contributed by atoms with van der Waals surface area (Å²) >= 11 is 6.14. The van der Waals surface area contributed by atoms with Gasteiger partial charge in [0.25, 0.3) is 0 Å². The van der Waals surface area contributed by atoms with Crippen LogP contribution in [0, 0.1) is 0 Å². The monoisotopic (exact) mass is 320 g/mol. The first-order chi connectivity index (χ1) is 11.3. The van der Waals surface area contributed by atoms with E-state index in [0.29, 0.717) is 0 Å². The van der Waals surface area contributed by atoms with Crippen LogP contribution in [0.1, 0.15) is 17.7 Å². The lowest BCUT2D eigenvalue weighted by Gasteiger charge is -2.14. The minimum absolute atomic E-state index is 0.738. The second kappa shape index (κ2) is 6.05. The fourth-order valence-electron chi connectivity index (χ4n) is 3.13. The molecule has 0 radical (unpaired) electrons. The number of benzene rings is 2. The van der Waals surface area contributed by atoms with Crippen LogP contribution in [0.3, 0.4) is 0 Å². The summed E-state index contributed by atoms with van der Waals surface area (Å²) < 4.78 is 0. The van der Waals surface area contributed by atoms with Gasteiger partial charge in [0.2, 0.25) is 0 Å². The molecule has 0 amide bonds. The zero-order chi connectivity index (χ0) is 15.6. The normalized spacial score (nSPS) is 12.9. The second-order valence-electron chi connectivity index (χ2n) is 5.84. The number of nitrogens with zero attached hydrogens (tertiary/aromatic N) is 1. The molecule has 0 saturated carbocycles. The summed E-state index contributed by atoms with van der Waals surface area (Å²) in [5.41, 5.74) is 6.86.